The fourth-order valence-corrected chi connectivity index (χ4v) is 2.60. The van der Waals surface area contributed by atoms with Crippen molar-refractivity contribution in [2.75, 3.05) is 13.7 Å². The van der Waals surface area contributed by atoms with E-state index in [1.165, 1.54) is 0 Å². The molecule has 0 aliphatic heterocycles. The lowest BCUT2D eigenvalue weighted by Gasteiger charge is -2.14. The minimum Gasteiger partial charge on any atom is -0.496 e. The standard InChI is InChI=1S/C20H23NO4/c1-14-8-9-16(11-18(14)25-2)12-19(22)21-13-17(20(23)24)10-15-6-4-3-5-7-15/h3-9,11,17H,10,12-13H2,1-2H3,(H,21,22)(H,23,24). The number of methoxy groups -OCH3 is 1. The van der Waals surface area contributed by atoms with Gasteiger partial charge in [-0.25, -0.2) is 0 Å². The zero-order valence-electron chi connectivity index (χ0n) is 14.5. The number of aliphatic carboxylic acids is 1. The van der Waals surface area contributed by atoms with E-state index in [2.05, 4.69) is 5.32 Å². The molecular weight excluding hydrogens is 318 g/mol. The van der Waals surface area contributed by atoms with E-state index in [1.807, 2.05) is 55.5 Å². The Labute approximate surface area is 147 Å². The van der Waals surface area contributed by atoms with Gasteiger partial charge in [-0.15, -0.1) is 0 Å². The molecule has 0 saturated heterocycles. The van der Waals surface area contributed by atoms with E-state index < -0.39 is 11.9 Å². The summed E-state index contributed by atoms with van der Waals surface area (Å²) in [6.07, 6.45) is 0.573. The van der Waals surface area contributed by atoms with E-state index in [0.717, 1.165) is 22.4 Å². The van der Waals surface area contributed by atoms with Crippen LogP contribution in [0.4, 0.5) is 0 Å². The van der Waals surface area contributed by atoms with Crippen molar-refractivity contribution in [2.24, 2.45) is 5.92 Å². The SMILES string of the molecule is COc1cc(CC(=O)NCC(Cc2ccccc2)C(=O)O)ccc1C. The molecule has 0 radical (unpaired) electrons. The molecule has 0 spiro atoms. The highest BCUT2D eigenvalue weighted by atomic mass is 16.5. The first-order valence-corrected chi connectivity index (χ1v) is 8.16. The van der Waals surface area contributed by atoms with Crippen LogP contribution in [0, 0.1) is 12.8 Å². The van der Waals surface area contributed by atoms with Crippen molar-refractivity contribution in [3.63, 3.8) is 0 Å². The summed E-state index contributed by atoms with van der Waals surface area (Å²) in [5.41, 5.74) is 2.77. The molecule has 0 saturated carbocycles. The topological polar surface area (TPSA) is 75.6 Å². The summed E-state index contributed by atoms with van der Waals surface area (Å²) in [4.78, 5) is 23.6. The third kappa shape index (κ3) is 5.64. The van der Waals surface area contributed by atoms with E-state index in [0.29, 0.717) is 6.42 Å². The van der Waals surface area contributed by atoms with Crippen LogP contribution in [-0.4, -0.2) is 30.6 Å². The molecule has 132 valence electrons. The van der Waals surface area contributed by atoms with Crippen molar-refractivity contribution >= 4 is 11.9 Å². The third-order valence-corrected chi connectivity index (χ3v) is 4.06. The van der Waals surface area contributed by atoms with Crippen molar-refractivity contribution in [3.8, 4) is 5.75 Å². The summed E-state index contributed by atoms with van der Waals surface area (Å²) in [5, 5.41) is 12.1. The molecule has 0 aromatic heterocycles. The number of hydrogen-bond donors (Lipinski definition) is 2. The number of hydrogen-bond acceptors (Lipinski definition) is 3. The van der Waals surface area contributed by atoms with Crippen LogP contribution in [0.2, 0.25) is 0 Å². The highest BCUT2D eigenvalue weighted by Gasteiger charge is 2.19. The van der Waals surface area contributed by atoms with E-state index >= 15 is 0 Å². The molecule has 0 bridgehead atoms. The molecule has 1 unspecified atom stereocenters. The minimum absolute atomic E-state index is 0.103. The zero-order chi connectivity index (χ0) is 18.2. The molecule has 1 atom stereocenters. The van der Waals surface area contributed by atoms with Crippen molar-refractivity contribution in [2.45, 2.75) is 19.8 Å². The van der Waals surface area contributed by atoms with Crippen LogP contribution in [-0.2, 0) is 22.4 Å². The number of aryl methyl sites for hydroxylation is 1. The summed E-state index contributed by atoms with van der Waals surface area (Å²) >= 11 is 0. The molecule has 1 amide bonds. The predicted octanol–water partition coefficient (Wildman–Crippen LogP) is 2.61. The number of benzene rings is 2. The zero-order valence-corrected chi connectivity index (χ0v) is 14.5. The van der Waals surface area contributed by atoms with Crippen LogP contribution in [0.15, 0.2) is 48.5 Å². The van der Waals surface area contributed by atoms with Crippen molar-refractivity contribution in [1.82, 2.24) is 5.32 Å². The molecule has 2 rings (SSSR count). The average molecular weight is 341 g/mol. The van der Waals surface area contributed by atoms with E-state index in [1.54, 1.807) is 7.11 Å². The molecule has 0 aliphatic carbocycles. The summed E-state index contributed by atoms with van der Waals surface area (Å²) < 4.78 is 5.25. The van der Waals surface area contributed by atoms with Crippen LogP contribution in [0.1, 0.15) is 16.7 Å². The number of carbonyl (C=O) groups is 2. The maximum absolute atomic E-state index is 12.1. The molecule has 0 aliphatic rings. The lowest BCUT2D eigenvalue weighted by Crippen LogP contribution is -2.34. The molecular formula is C20H23NO4. The summed E-state index contributed by atoms with van der Waals surface area (Å²) in [5.74, 6) is -1.04. The Morgan fingerprint density at radius 3 is 2.48 bits per heavy atom. The van der Waals surface area contributed by atoms with Gasteiger partial charge in [-0.1, -0.05) is 42.5 Å². The maximum atomic E-state index is 12.1. The first-order valence-electron chi connectivity index (χ1n) is 8.16. The second-order valence-corrected chi connectivity index (χ2v) is 6.01. The highest BCUT2D eigenvalue weighted by Crippen LogP contribution is 2.19. The molecule has 2 aromatic carbocycles. The Morgan fingerprint density at radius 2 is 1.84 bits per heavy atom. The monoisotopic (exact) mass is 341 g/mol. The van der Waals surface area contributed by atoms with E-state index in [4.69, 9.17) is 4.74 Å². The number of carbonyl (C=O) groups excluding carboxylic acids is 1. The second kappa shape index (κ2) is 8.87. The third-order valence-electron chi connectivity index (χ3n) is 4.06. The summed E-state index contributed by atoms with van der Waals surface area (Å²) in [6.45, 7) is 2.04. The number of carboxylic acids is 1. The van der Waals surface area contributed by atoms with Gasteiger partial charge in [-0.05, 0) is 36.1 Å². The van der Waals surface area contributed by atoms with Gasteiger partial charge in [0.2, 0.25) is 5.91 Å². The van der Waals surface area contributed by atoms with Crippen LogP contribution < -0.4 is 10.1 Å². The van der Waals surface area contributed by atoms with Crippen molar-refractivity contribution < 1.29 is 19.4 Å². The minimum atomic E-state index is -0.916. The van der Waals surface area contributed by atoms with Crippen molar-refractivity contribution in [1.29, 1.82) is 0 Å². The Kier molecular flexibility index (Phi) is 6.57. The first kappa shape index (κ1) is 18.5. The number of carboxylic acid groups (broad SMARTS) is 1. The quantitative estimate of drug-likeness (QED) is 0.774. The van der Waals surface area contributed by atoms with Gasteiger partial charge in [0, 0.05) is 6.54 Å². The fourth-order valence-electron chi connectivity index (χ4n) is 2.60. The number of rotatable bonds is 8. The van der Waals surface area contributed by atoms with Gasteiger partial charge < -0.3 is 15.2 Å². The lowest BCUT2D eigenvalue weighted by atomic mass is 9.99. The molecule has 5 nitrogen and oxygen atoms in total. The highest BCUT2D eigenvalue weighted by molar-refractivity contribution is 5.79. The largest absolute Gasteiger partial charge is 0.496 e. The number of nitrogens with one attached hydrogen (secondary N) is 1. The predicted molar refractivity (Wildman–Crippen MR) is 95.7 cm³/mol. The van der Waals surface area contributed by atoms with Crippen LogP contribution >= 0.6 is 0 Å². The second-order valence-electron chi connectivity index (χ2n) is 6.01. The van der Waals surface area contributed by atoms with Gasteiger partial charge in [0.25, 0.3) is 0 Å². The molecule has 5 heteroatoms. The van der Waals surface area contributed by atoms with E-state index in [9.17, 15) is 14.7 Å². The Bertz CT molecular complexity index is 728. The molecule has 2 aromatic rings. The van der Waals surface area contributed by atoms with Gasteiger partial charge in [0.1, 0.15) is 5.75 Å². The fraction of sp³-hybridized carbons (Fsp3) is 0.300. The van der Waals surface area contributed by atoms with Gasteiger partial charge in [-0.2, -0.15) is 0 Å². The van der Waals surface area contributed by atoms with Gasteiger partial charge in [-0.3, -0.25) is 9.59 Å². The Morgan fingerprint density at radius 1 is 1.12 bits per heavy atom. The van der Waals surface area contributed by atoms with Gasteiger partial charge >= 0.3 is 5.97 Å². The Balaban J connectivity index is 1.91. The average Bonchev–Trinajstić information content (AvgIpc) is 2.60. The summed E-state index contributed by atoms with van der Waals surface area (Å²) in [6, 6.07) is 15.0. The molecule has 0 fully saturated rings. The number of ether oxygens (including phenoxy) is 1. The molecule has 2 N–H and O–H groups in total. The maximum Gasteiger partial charge on any atom is 0.308 e. The lowest BCUT2D eigenvalue weighted by molar-refractivity contribution is -0.141. The Hall–Kier alpha value is -2.82. The normalized spacial score (nSPS) is 11.6. The first-order chi connectivity index (χ1) is 12.0. The van der Waals surface area contributed by atoms with Gasteiger partial charge in [0.05, 0.1) is 19.4 Å². The van der Waals surface area contributed by atoms with Gasteiger partial charge in [0.15, 0.2) is 0 Å². The number of amides is 1. The summed E-state index contributed by atoms with van der Waals surface area (Å²) in [7, 11) is 1.59. The van der Waals surface area contributed by atoms with Crippen molar-refractivity contribution in [3.05, 3.63) is 65.2 Å². The van der Waals surface area contributed by atoms with Crippen LogP contribution in [0.5, 0.6) is 5.75 Å². The molecule has 0 heterocycles. The van der Waals surface area contributed by atoms with E-state index in [-0.39, 0.29) is 18.9 Å². The smallest absolute Gasteiger partial charge is 0.308 e. The van der Waals surface area contributed by atoms with Crippen LogP contribution in [0.25, 0.3) is 0 Å². The molecule has 25 heavy (non-hydrogen) atoms. The van der Waals surface area contributed by atoms with Crippen LogP contribution in [0.3, 0.4) is 0 Å².